The number of amides is 1. The maximum absolute atomic E-state index is 10.3. The summed E-state index contributed by atoms with van der Waals surface area (Å²) in [4.78, 5) is 21.0. The lowest BCUT2D eigenvalue weighted by Crippen LogP contribution is -2.08. The molecule has 0 atom stereocenters. The van der Waals surface area contributed by atoms with Gasteiger partial charge in [0, 0.05) is 10.7 Å². The van der Waals surface area contributed by atoms with E-state index in [2.05, 4.69) is 36.2 Å². The first-order chi connectivity index (χ1) is 6.65. The van der Waals surface area contributed by atoms with Gasteiger partial charge in [-0.05, 0) is 22.0 Å². The highest BCUT2D eigenvalue weighted by Crippen LogP contribution is 2.16. The topological polar surface area (TPSA) is 90.9 Å². The number of carboxylic acid groups (broad SMARTS) is 1. The zero-order valence-electron chi connectivity index (χ0n) is 6.78. The molecule has 2 rings (SSSR count). The van der Waals surface area contributed by atoms with E-state index in [1.807, 2.05) is 0 Å². The maximum atomic E-state index is 10.3. The monoisotopic (exact) mass is 256 g/mol. The number of nitrogens with zero attached hydrogens (tertiary/aromatic N) is 2. The highest BCUT2D eigenvalue weighted by atomic mass is 79.9. The molecule has 0 unspecified atom stereocenters. The van der Waals surface area contributed by atoms with E-state index in [4.69, 9.17) is 5.11 Å². The third-order valence-corrected chi connectivity index (χ3v) is 1.96. The van der Waals surface area contributed by atoms with Crippen LogP contribution in [-0.4, -0.2) is 26.2 Å². The van der Waals surface area contributed by atoms with E-state index in [9.17, 15) is 4.79 Å². The summed E-state index contributed by atoms with van der Waals surface area (Å²) < 4.78 is 0.801. The van der Waals surface area contributed by atoms with E-state index in [1.54, 1.807) is 12.3 Å². The maximum Gasteiger partial charge on any atom is 0.411 e. The molecule has 3 N–H and O–H groups in total. The highest BCUT2D eigenvalue weighted by molar-refractivity contribution is 9.10. The van der Waals surface area contributed by atoms with Crippen molar-refractivity contribution in [1.82, 2.24) is 15.0 Å². The number of halogens is 1. The SMILES string of the molecule is O=C(O)Nc1nc2ncc(Br)cc2[nH]1. The van der Waals surface area contributed by atoms with E-state index in [1.165, 1.54) is 0 Å². The van der Waals surface area contributed by atoms with Crippen molar-refractivity contribution in [3.8, 4) is 0 Å². The number of nitrogens with one attached hydrogen (secondary N) is 2. The number of anilines is 1. The van der Waals surface area contributed by atoms with Crippen LogP contribution in [0.5, 0.6) is 0 Å². The molecule has 0 bridgehead atoms. The molecule has 7 heteroatoms. The number of aromatic nitrogens is 3. The van der Waals surface area contributed by atoms with E-state index in [0.29, 0.717) is 11.2 Å². The molecule has 0 saturated heterocycles. The molecule has 0 spiro atoms. The Labute approximate surface area is 86.5 Å². The summed E-state index contributed by atoms with van der Waals surface area (Å²) in [6, 6.07) is 1.77. The van der Waals surface area contributed by atoms with E-state index in [-0.39, 0.29) is 5.95 Å². The molecule has 0 fully saturated rings. The number of H-pyrrole nitrogens is 1. The number of hydrogen-bond acceptors (Lipinski definition) is 3. The molecule has 2 aromatic rings. The predicted octanol–water partition coefficient (Wildman–Crippen LogP) is 1.81. The Morgan fingerprint density at radius 3 is 3.14 bits per heavy atom. The van der Waals surface area contributed by atoms with Crippen molar-refractivity contribution in [3.05, 3.63) is 16.7 Å². The molecule has 0 aliphatic heterocycles. The molecular formula is C7H5BrN4O2. The van der Waals surface area contributed by atoms with Gasteiger partial charge in [-0.2, -0.15) is 4.98 Å². The molecule has 0 aromatic carbocycles. The van der Waals surface area contributed by atoms with Crippen LogP contribution in [0.4, 0.5) is 10.7 Å². The van der Waals surface area contributed by atoms with Gasteiger partial charge in [-0.1, -0.05) is 0 Å². The fraction of sp³-hybridized carbons (Fsp3) is 0. The Bertz CT molecular complexity index is 495. The third kappa shape index (κ3) is 1.67. The number of fused-ring (bicyclic) bond motifs is 1. The van der Waals surface area contributed by atoms with Crippen LogP contribution in [0.2, 0.25) is 0 Å². The quantitative estimate of drug-likeness (QED) is 0.726. The lowest BCUT2D eigenvalue weighted by atomic mass is 10.4. The second kappa shape index (κ2) is 3.26. The number of carbonyl (C=O) groups is 1. The van der Waals surface area contributed by atoms with Crippen LogP contribution in [0.25, 0.3) is 11.2 Å². The van der Waals surface area contributed by atoms with Crippen molar-refractivity contribution in [2.75, 3.05) is 5.32 Å². The Hall–Kier alpha value is -1.63. The average molecular weight is 257 g/mol. The predicted molar refractivity (Wildman–Crippen MR) is 53.2 cm³/mol. The van der Waals surface area contributed by atoms with Gasteiger partial charge < -0.3 is 10.1 Å². The van der Waals surface area contributed by atoms with Crippen LogP contribution in [0.3, 0.4) is 0 Å². The van der Waals surface area contributed by atoms with E-state index >= 15 is 0 Å². The summed E-state index contributed by atoms with van der Waals surface area (Å²) in [6.07, 6.45) is 0.427. The number of rotatable bonds is 1. The average Bonchev–Trinajstić information content (AvgIpc) is 2.44. The van der Waals surface area contributed by atoms with Gasteiger partial charge in [0.1, 0.15) is 0 Å². The summed E-state index contributed by atoms with van der Waals surface area (Å²) in [5, 5.41) is 10.6. The lowest BCUT2D eigenvalue weighted by molar-refractivity contribution is 0.209. The molecule has 0 aliphatic rings. The fourth-order valence-corrected chi connectivity index (χ4v) is 1.37. The van der Waals surface area contributed by atoms with Gasteiger partial charge in [0.05, 0.1) is 5.52 Å². The third-order valence-electron chi connectivity index (χ3n) is 1.53. The van der Waals surface area contributed by atoms with Crippen LogP contribution < -0.4 is 5.32 Å². The van der Waals surface area contributed by atoms with Crippen molar-refractivity contribution < 1.29 is 9.90 Å². The summed E-state index contributed by atoms with van der Waals surface area (Å²) in [7, 11) is 0. The van der Waals surface area contributed by atoms with Crippen molar-refractivity contribution in [3.63, 3.8) is 0 Å². The largest absolute Gasteiger partial charge is 0.465 e. The molecule has 0 aliphatic carbocycles. The van der Waals surface area contributed by atoms with E-state index in [0.717, 1.165) is 4.47 Å². The zero-order chi connectivity index (χ0) is 10.1. The van der Waals surface area contributed by atoms with E-state index < -0.39 is 6.09 Å². The van der Waals surface area contributed by atoms with Gasteiger partial charge >= 0.3 is 6.09 Å². The Morgan fingerprint density at radius 2 is 2.43 bits per heavy atom. The minimum absolute atomic E-state index is 0.165. The van der Waals surface area contributed by atoms with Crippen LogP contribution in [0, 0.1) is 0 Å². The van der Waals surface area contributed by atoms with Gasteiger partial charge in [0.15, 0.2) is 5.65 Å². The molecule has 1 amide bonds. The Morgan fingerprint density at radius 1 is 1.64 bits per heavy atom. The first-order valence-electron chi connectivity index (χ1n) is 3.66. The van der Waals surface area contributed by atoms with Gasteiger partial charge in [-0.25, -0.2) is 9.78 Å². The molecule has 14 heavy (non-hydrogen) atoms. The number of pyridine rings is 1. The molecule has 72 valence electrons. The molecule has 0 radical (unpaired) electrons. The van der Waals surface area contributed by atoms with Gasteiger partial charge in [0.25, 0.3) is 0 Å². The van der Waals surface area contributed by atoms with Gasteiger partial charge in [-0.3, -0.25) is 5.32 Å². The van der Waals surface area contributed by atoms with Crippen LogP contribution in [0.1, 0.15) is 0 Å². The summed E-state index contributed by atoms with van der Waals surface area (Å²) in [5.41, 5.74) is 1.14. The molecule has 2 aromatic heterocycles. The van der Waals surface area contributed by atoms with Crippen molar-refractivity contribution >= 4 is 39.1 Å². The summed E-state index contributed by atoms with van der Waals surface area (Å²) in [5.74, 6) is 0.165. The van der Waals surface area contributed by atoms with Gasteiger partial charge in [-0.15, -0.1) is 0 Å². The standard InChI is InChI=1S/C7H5BrN4O2/c8-3-1-4-5(9-2-3)11-6(10-4)12-7(13)14/h1-2H,(H,13,14)(H2,9,10,11,12). The number of aromatic amines is 1. The van der Waals surface area contributed by atoms with Crippen molar-refractivity contribution in [2.24, 2.45) is 0 Å². The Kier molecular flexibility index (Phi) is 2.08. The minimum Gasteiger partial charge on any atom is -0.465 e. The smallest absolute Gasteiger partial charge is 0.411 e. The fourth-order valence-electron chi connectivity index (χ4n) is 1.04. The molecule has 0 saturated carbocycles. The van der Waals surface area contributed by atoms with Crippen molar-refractivity contribution in [2.45, 2.75) is 0 Å². The number of hydrogen-bond donors (Lipinski definition) is 3. The van der Waals surface area contributed by atoms with Crippen LogP contribution in [-0.2, 0) is 0 Å². The molecule has 2 heterocycles. The first kappa shape index (κ1) is 8.95. The normalized spacial score (nSPS) is 10.4. The first-order valence-corrected chi connectivity index (χ1v) is 4.45. The van der Waals surface area contributed by atoms with Crippen molar-refractivity contribution in [1.29, 1.82) is 0 Å². The number of imidazole rings is 1. The molecular weight excluding hydrogens is 252 g/mol. The zero-order valence-corrected chi connectivity index (χ0v) is 8.37. The second-order valence-electron chi connectivity index (χ2n) is 2.54. The molecule has 6 nitrogen and oxygen atoms in total. The summed E-state index contributed by atoms with van der Waals surface area (Å²) in [6.45, 7) is 0. The lowest BCUT2D eigenvalue weighted by Gasteiger charge is -1.90. The Balaban J connectivity index is 2.46. The highest BCUT2D eigenvalue weighted by Gasteiger charge is 2.05. The minimum atomic E-state index is -1.16. The second-order valence-corrected chi connectivity index (χ2v) is 3.46. The van der Waals surface area contributed by atoms with Crippen LogP contribution in [0.15, 0.2) is 16.7 Å². The summed E-state index contributed by atoms with van der Waals surface area (Å²) >= 11 is 3.25. The van der Waals surface area contributed by atoms with Crippen LogP contribution >= 0.6 is 15.9 Å². The van der Waals surface area contributed by atoms with Gasteiger partial charge in [0.2, 0.25) is 5.95 Å².